The Labute approximate surface area is 157 Å². The number of hydrogen-bond acceptors (Lipinski definition) is 0. The zero-order valence-electron chi connectivity index (χ0n) is 15.6. The molecule has 0 saturated heterocycles. The Morgan fingerprint density at radius 3 is 1.23 bits per heavy atom. The van der Waals surface area contributed by atoms with Crippen molar-refractivity contribution in [1.82, 2.24) is 0 Å². The van der Waals surface area contributed by atoms with Crippen molar-refractivity contribution >= 4 is 0 Å². The van der Waals surface area contributed by atoms with Crippen LogP contribution in [0.5, 0.6) is 0 Å². The third kappa shape index (κ3) is 5.18. The van der Waals surface area contributed by atoms with Crippen molar-refractivity contribution in [3.8, 4) is 0 Å². The molecule has 3 aromatic rings. The van der Waals surface area contributed by atoms with Crippen molar-refractivity contribution in [1.29, 1.82) is 0 Å². The standard InChI is InChI=1S/C25H28N/c1-2-3-19-26(20-23-13-7-4-8-14-23,21-24-15-9-5-10-16-24)22-25-17-11-6-12-18-25/h3-19H,2,20-22H2,1H3/q+1/b19-3-. The van der Waals surface area contributed by atoms with Crippen molar-refractivity contribution in [3.63, 3.8) is 0 Å². The van der Waals surface area contributed by atoms with Crippen LogP contribution in [0.3, 0.4) is 0 Å². The average molecular weight is 343 g/mol. The molecule has 0 amide bonds. The van der Waals surface area contributed by atoms with Crippen molar-refractivity contribution in [3.05, 3.63) is 120 Å². The van der Waals surface area contributed by atoms with Crippen molar-refractivity contribution in [2.45, 2.75) is 33.0 Å². The van der Waals surface area contributed by atoms with Gasteiger partial charge in [-0.25, -0.2) is 0 Å². The van der Waals surface area contributed by atoms with E-state index in [4.69, 9.17) is 0 Å². The van der Waals surface area contributed by atoms with Gasteiger partial charge in [0.05, 0.1) is 6.20 Å². The SMILES string of the molecule is CC/C=C\[N+](Cc1ccccc1)(Cc1ccccc1)Cc1ccccc1. The quantitative estimate of drug-likeness (QED) is 0.420. The lowest BCUT2D eigenvalue weighted by atomic mass is 10.1. The molecule has 3 rings (SSSR count). The maximum atomic E-state index is 2.41. The third-order valence-corrected chi connectivity index (χ3v) is 4.68. The Hall–Kier alpha value is -2.64. The zero-order valence-corrected chi connectivity index (χ0v) is 15.6. The van der Waals surface area contributed by atoms with E-state index in [1.54, 1.807) is 0 Å². The van der Waals surface area contributed by atoms with Crippen molar-refractivity contribution in [2.24, 2.45) is 0 Å². The predicted molar refractivity (Wildman–Crippen MR) is 110 cm³/mol. The Morgan fingerprint density at radius 1 is 0.577 bits per heavy atom. The van der Waals surface area contributed by atoms with Gasteiger partial charge in [0.2, 0.25) is 0 Å². The van der Waals surface area contributed by atoms with E-state index in [2.05, 4.69) is 110 Å². The van der Waals surface area contributed by atoms with Gasteiger partial charge in [0.1, 0.15) is 19.6 Å². The van der Waals surface area contributed by atoms with E-state index < -0.39 is 0 Å². The fraction of sp³-hybridized carbons (Fsp3) is 0.200. The lowest BCUT2D eigenvalue weighted by molar-refractivity contribution is -0.919. The van der Waals surface area contributed by atoms with Gasteiger partial charge in [-0.2, -0.15) is 0 Å². The van der Waals surface area contributed by atoms with Crippen molar-refractivity contribution < 1.29 is 4.48 Å². The Balaban J connectivity index is 1.98. The fourth-order valence-electron chi connectivity index (χ4n) is 3.50. The van der Waals surface area contributed by atoms with Gasteiger partial charge >= 0.3 is 0 Å². The van der Waals surface area contributed by atoms with E-state index in [0.29, 0.717) is 0 Å². The molecule has 1 nitrogen and oxygen atoms in total. The first-order valence-corrected chi connectivity index (χ1v) is 9.45. The minimum Gasteiger partial charge on any atom is -0.286 e. The van der Waals surface area contributed by atoms with Crippen LogP contribution in [-0.4, -0.2) is 4.48 Å². The van der Waals surface area contributed by atoms with E-state index in [1.807, 2.05) is 0 Å². The molecule has 1 heteroatoms. The lowest BCUT2D eigenvalue weighted by Crippen LogP contribution is -2.40. The summed E-state index contributed by atoms with van der Waals surface area (Å²) in [5.74, 6) is 0. The summed E-state index contributed by atoms with van der Waals surface area (Å²) in [6.45, 7) is 5.17. The van der Waals surface area contributed by atoms with Gasteiger partial charge in [-0.05, 0) is 12.5 Å². The molecule has 132 valence electrons. The first-order valence-electron chi connectivity index (χ1n) is 9.45. The second-order valence-corrected chi connectivity index (χ2v) is 6.94. The molecule has 3 aromatic carbocycles. The van der Waals surface area contributed by atoms with Crippen LogP contribution < -0.4 is 0 Å². The van der Waals surface area contributed by atoms with Crippen LogP contribution in [-0.2, 0) is 19.6 Å². The molecule has 26 heavy (non-hydrogen) atoms. The minimum atomic E-state index is 0.895. The summed E-state index contributed by atoms with van der Waals surface area (Å²) in [4.78, 5) is 0. The molecule has 0 atom stereocenters. The molecule has 0 aliphatic carbocycles. The maximum absolute atomic E-state index is 2.41. The normalized spacial score (nSPS) is 11.7. The van der Waals surface area contributed by atoms with Crippen LogP contribution in [0.15, 0.2) is 103 Å². The number of nitrogens with zero attached hydrogens (tertiary/aromatic N) is 1. The monoisotopic (exact) mass is 342 g/mol. The van der Waals surface area contributed by atoms with Gasteiger partial charge in [0.15, 0.2) is 0 Å². The summed E-state index contributed by atoms with van der Waals surface area (Å²) in [5, 5.41) is 0. The van der Waals surface area contributed by atoms with Gasteiger partial charge < -0.3 is 0 Å². The maximum Gasteiger partial charge on any atom is 0.109 e. The van der Waals surface area contributed by atoms with Gasteiger partial charge in [-0.15, -0.1) is 0 Å². The van der Waals surface area contributed by atoms with E-state index in [0.717, 1.165) is 30.5 Å². The Bertz CT molecular complexity index is 690. The summed E-state index contributed by atoms with van der Waals surface area (Å²) < 4.78 is 0.895. The van der Waals surface area contributed by atoms with Crippen LogP contribution in [0.2, 0.25) is 0 Å². The number of hydrogen-bond donors (Lipinski definition) is 0. The number of rotatable bonds is 8. The van der Waals surface area contributed by atoms with E-state index in [1.165, 1.54) is 16.7 Å². The van der Waals surface area contributed by atoms with Crippen LogP contribution in [0.1, 0.15) is 30.0 Å². The van der Waals surface area contributed by atoms with E-state index >= 15 is 0 Å². The summed E-state index contributed by atoms with van der Waals surface area (Å²) >= 11 is 0. The minimum absolute atomic E-state index is 0.895. The fourth-order valence-corrected chi connectivity index (χ4v) is 3.50. The molecule has 0 fully saturated rings. The lowest BCUT2D eigenvalue weighted by Gasteiger charge is -2.35. The summed E-state index contributed by atoms with van der Waals surface area (Å²) in [6.07, 6.45) is 5.78. The second-order valence-electron chi connectivity index (χ2n) is 6.94. The summed E-state index contributed by atoms with van der Waals surface area (Å²) in [5.41, 5.74) is 4.13. The first kappa shape index (κ1) is 18.2. The molecular weight excluding hydrogens is 314 g/mol. The van der Waals surface area contributed by atoms with Crippen LogP contribution >= 0.6 is 0 Å². The molecule has 0 heterocycles. The largest absolute Gasteiger partial charge is 0.286 e. The molecule has 0 saturated carbocycles. The molecule has 0 spiro atoms. The highest BCUT2D eigenvalue weighted by molar-refractivity contribution is 5.17. The predicted octanol–water partition coefficient (Wildman–Crippen LogP) is 6.33. The van der Waals surface area contributed by atoms with Crippen LogP contribution in [0.4, 0.5) is 0 Å². The van der Waals surface area contributed by atoms with Gasteiger partial charge in [0.25, 0.3) is 0 Å². The van der Waals surface area contributed by atoms with E-state index in [9.17, 15) is 0 Å². The molecular formula is C25H28N+. The summed E-state index contributed by atoms with van der Waals surface area (Å²) in [6, 6.07) is 32.5. The molecule has 0 radical (unpaired) electrons. The third-order valence-electron chi connectivity index (χ3n) is 4.68. The van der Waals surface area contributed by atoms with Crippen LogP contribution in [0, 0.1) is 0 Å². The summed E-state index contributed by atoms with van der Waals surface area (Å²) in [7, 11) is 0. The second kappa shape index (κ2) is 9.17. The molecule has 0 unspecified atom stereocenters. The topological polar surface area (TPSA) is 0 Å². The highest BCUT2D eigenvalue weighted by Crippen LogP contribution is 2.25. The number of quaternary nitrogens is 1. The Kier molecular flexibility index (Phi) is 6.40. The highest BCUT2D eigenvalue weighted by atomic mass is 15.3. The van der Waals surface area contributed by atoms with Gasteiger partial charge in [-0.1, -0.05) is 97.9 Å². The first-order chi connectivity index (χ1) is 12.8. The van der Waals surface area contributed by atoms with Gasteiger partial charge in [0, 0.05) is 16.7 Å². The van der Waals surface area contributed by atoms with Crippen molar-refractivity contribution in [2.75, 3.05) is 0 Å². The highest BCUT2D eigenvalue weighted by Gasteiger charge is 2.26. The molecule has 0 aliphatic heterocycles. The Morgan fingerprint density at radius 2 is 0.923 bits per heavy atom. The van der Waals surface area contributed by atoms with Gasteiger partial charge in [-0.3, -0.25) is 4.48 Å². The molecule has 0 bridgehead atoms. The average Bonchev–Trinajstić information content (AvgIpc) is 2.69. The van der Waals surface area contributed by atoms with E-state index in [-0.39, 0.29) is 0 Å². The molecule has 0 N–H and O–H groups in total. The molecule has 0 aromatic heterocycles. The smallest absolute Gasteiger partial charge is 0.109 e. The molecule has 0 aliphatic rings. The van der Waals surface area contributed by atoms with Crippen LogP contribution in [0.25, 0.3) is 0 Å². The number of allylic oxidation sites excluding steroid dienone is 1. The zero-order chi connectivity index (χ0) is 18.1. The number of benzene rings is 3.